The van der Waals surface area contributed by atoms with Crippen LogP contribution in [0, 0.1) is 0 Å². The van der Waals surface area contributed by atoms with Gasteiger partial charge in [0.05, 0.1) is 19.1 Å². The Hall–Kier alpha value is -1.10. The maximum absolute atomic E-state index is 11.4. The fourth-order valence-corrected chi connectivity index (χ4v) is 1.50. The molecule has 1 fully saturated rings. The van der Waals surface area contributed by atoms with E-state index >= 15 is 0 Å². The summed E-state index contributed by atoms with van der Waals surface area (Å²) in [6.45, 7) is 4.53. The number of piperazine rings is 1. The van der Waals surface area contributed by atoms with Crippen molar-refractivity contribution in [3.63, 3.8) is 0 Å². The van der Waals surface area contributed by atoms with Crippen molar-refractivity contribution in [2.75, 3.05) is 19.6 Å². The lowest BCUT2D eigenvalue weighted by Crippen LogP contribution is -3.23. The first-order valence-electron chi connectivity index (χ1n) is 4.28. The predicted molar refractivity (Wildman–Crippen MR) is 42.8 cm³/mol. The number of rotatable bonds is 2. The van der Waals surface area contributed by atoms with Crippen LogP contribution in [-0.4, -0.2) is 37.0 Å². The lowest BCUT2D eigenvalue weighted by Gasteiger charge is -2.37. The largest absolute Gasteiger partial charge is 0.544 e. The maximum Gasteiger partial charge on any atom is 0.281 e. The van der Waals surface area contributed by atoms with E-state index < -0.39 is 11.5 Å². The molecular formula is C8H14N2O3. The van der Waals surface area contributed by atoms with Gasteiger partial charge >= 0.3 is 0 Å². The fourth-order valence-electron chi connectivity index (χ4n) is 1.50. The minimum atomic E-state index is -1.11. The average molecular weight is 186 g/mol. The van der Waals surface area contributed by atoms with Crippen molar-refractivity contribution >= 4 is 11.9 Å². The molecule has 13 heavy (non-hydrogen) atoms. The number of hydrogen-bond donors (Lipinski definition) is 2. The van der Waals surface area contributed by atoms with E-state index in [0.29, 0.717) is 13.1 Å². The highest BCUT2D eigenvalue weighted by atomic mass is 16.4. The molecule has 74 valence electrons. The summed E-state index contributed by atoms with van der Waals surface area (Å²) in [6.07, 6.45) is 0. The predicted octanol–water partition coefficient (Wildman–Crippen LogP) is -3.47. The normalized spacial score (nSPS) is 26.6. The zero-order chi connectivity index (χ0) is 10.1. The van der Waals surface area contributed by atoms with E-state index in [2.05, 4.69) is 5.32 Å². The van der Waals surface area contributed by atoms with Gasteiger partial charge in [-0.2, -0.15) is 0 Å². The highest BCUT2D eigenvalue weighted by molar-refractivity contribution is 5.84. The SMILES string of the molecule is CC1(C)C(=O)NCC[NH+]1CC(=O)[O-]. The van der Waals surface area contributed by atoms with Crippen LogP contribution in [0.15, 0.2) is 0 Å². The summed E-state index contributed by atoms with van der Waals surface area (Å²) in [5.41, 5.74) is -0.668. The molecule has 1 amide bonds. The number of aliphatic carboxylic acids is 1. The number of quaternary nitrogens is 1. The second-order valence-corrected chi connectivity index (χ2v) is 3.78. The van der Waals surface area contributed by atoms with Crippen LogP contribution in [0.2, 0.25) is 0 Å². The Morgan fingerprint density at radius 2 is 2.31 bits per heavy atom. The third kappa shape index (κ3) is 1.98. The van der Waals surface area contributed by atoms with Crippen molar-refractivity contribution < 1.29 is 19.6 Å². The number of carbonyl (C=O) groups is 2. The molecule has 0 bridgehead atoms. The van der Waals surface area contributed by atoms with Crippen LogP contribution in [0.3, 0.4) is 0 Å². The number of amides is 1. The summed E-state index contributed by atoms with van der Waals surface area (Å²) in [5, 5.41) is 13.1. The smallest absolute Gasteiger partial charge is 0.281 e. The zero-order valence-electron chi connectivity index (χ0n) is 7.85. The highest BCUT2D eigenvalue weighted by Crippen LogP contribution is 1.98. The number of carbonyl (C=O) groups excluding carboxylic acids is 2. The van der Waals surface area contributed by atoms with E-state index in [1.54, 1.807) is 13.8 Å². The van der Waals surface area contributed by atoms with Gasteiger partial charge in [-0.25, -0.2) is 0 Å². The molecule has 0 aromatic heterocycles. The molecular weight excluding hydrogens is 172 g/mol. The van der Waals surface area contributed by atoms with Gasteiger partial charge in [0.2, 0.25) is 0 Å². The standard InChI is InChI=1S/C8H14N2O3/c1-8(2)7(13)9-3-4-10(8)5-6(11)12/h3-5H2,1-2H3,(H,9,13)(H,11,12). The average Bonchev–Trinajstić information content (AvgIpc) is 1.99. The minimum Gasteiger partial charge on any atom is -0.544 e. The number of carboxylic acids is 1. The molecule has 0 spiro atoms. The molecule has 0 aromatic carbocycles. The van der Waals surface area contributed by atoms with Gasteiger partial charge < -0.3 is 20.1 Å². The molecule has 5 heteroatoms. The zero-order valence-corrected chi connectivity index (χ0v) is 7.85. The van der Waals surface area contributed by atoms with Crippen molar-refractivity contribution in [1.29, 1.82) is 0 Å². The number of carboxylic acid groups (broad SMARTS) is 1. The van der Waals surface area contributed by atoms with E-state index in [0.717, 1.165) is 4.90 Å². The van der Waals surface area contributed by atoms with Gasteiger partial charge in [0.25, 0.3) is 5.91 Å². The Balaban J connectivity index is 2.72. The van der Waals surface area contributed by atoms with Gasteiger partial charge in [-0.3, -0.25) is 4.79 Å². The first-order valence-corrected chi connectivity index (χ1v) is 4.28. The molecule has 1 saturated heterocycles. The van der Waals surface area contributed by atoms with E-state index in [1.165, 1.54) is 0 Å². The van der Waals surface area contributed by atoms with Crippen molar-refractivity contribution in [2.45, 2.75) is 19.4 Å². The van der Waals surface area contributed by atoms with Crippen molar-refractivity contribution in [2.24, 2.45) is 0 Å². The van der Waals surface area contributed by atoms with Crippen molar-refractivity contribution in [3.8, 4) is 0 Å². The van der Waals surface area contributed by atoms with Crippen LogP contribution in [0.25, 0.3) is 0 Å². The van der Waals surface area contributed by atoms with Gasteiger partial charge in [0.15, 0.2) is 5.54 Å². The summed E-state index contributed by atoms with van der Waals surface area (Å²) < 4.78 is 0. The minimum absolute atomic E-state index is 0.102. The Kier molecular flexibility index (Phi) is 2.56. The van der Waals surface area contributed by atoms with Gasteiger partial charge in [-0.1, -0.05) is 0 Å². The summed E-state index contributed by atoms with van der Waals surface area (Å²) in [5.74, 6) is -1.22. The Labute approximate surface area is 76.7 Å². The van der Waals surface area contributed by atoms with Gasteiger partial charge in [-0.05, 0) is 13.8 Å². The molecule has 1 atom stereocenters. The van der Waals surface area contributed by atoms with E-state index in [1.807, 2.05) is 0 Å². The third-order valence-corrected chi connectivity index (χ3v) is 2.52. The van der Waals surface area contributed by atoms with Crippen LogP contribution in [0.1, 0.15) is 13.8 Å². The molecule has 1 heterocycles. The second-order valence-electron chi connectivity index (χ2n) is 3.78. The highest BCUT2D eigenvalue weighted by Gasteiger charge is 2.41. The molecule has 0 saturated carbocycles. The Morgan fingerprint density at radius 1 is 1.69 bits per heavy atom. The lowest BCUT2D eigenvalue weighted by molar-refractivity contribution is -0.934. The Bertz CT molecular complexity index is 238. The monoisotopic (exact) mass is 186 g/mol. The van der Waals surface area contributed by atoms with Crippen LogP contribution in [0.5, 0.6) is 0 Å². The van der Waals surface area contributed by atoms with E-state index in [-0.39, 0.29) is 12.5 Å². The van der Waals surface area contributed by atoms with Crippen LogP contribution >= 0.6 is 0 Å². The molecule has 1 rings (SSSR count). The quantitative estimate of drug-likeness (QED) is 0.470. The molecule has 1 unspecified atom stereocenters. The molecule has 0 radical (unpaired) electrons. The maximum atomic E-state index is 11.4. The topological polar surface area (TPSA) is 73.7 Å². The van der Waals surface area contributed by atoms with Crippen molar-refractivity contribution in [3.05, 3.63) is 0 Å². The molecule has 0 aliphatic carbocycles. The number of nitrogens with one attached hydrogen (secondary N) is 2. The second kappa shape index (κ2) is 3.33. The first kappa shape index (κ1) is 9.98. The summed E-state index contributed by atoms with van der Waals surface area (Å²) in [7, 11) is 0. The van der Waals surface area contributed by atoms with E-state index in [4.69, 9.17) is 0 Å². The summed E-state index contributed by atoms with van der Waals surface area (Å²) in [6, 6.07) is 0. The third-order valence-electron chi connectivity index (χ3n) is 2.52. The Morgan fingerprint density at radius 3 is 2.85 bits per heavy atom. The molecule has 0 aromatic rings. The van der Waals surface area contributed by atoms with Crippen molar-refractivity contribution in [1.82, 2.24) is 5.32 Å². The van der Waals surface area contributed by atoms with E-state index in [9.17, 15) is 14.7 Å². The molecule has 1 aliphatic rings. The van der Waals surface area contributed by atoms with Gasteiger partial charge in [-0.15, -0.1) is 0 Å². The molecule has 2 N–H and O–H groups in total. The van der Waals surface area contributed by atoms with Crippen LogP contribution in [-0.2, 0) is 9.59 Å². The lowest BCUT2D eigenvalue weighted by atomic mass is 9.99. The van der Waals surface area contributed by atoms with Gasteiger partial charge in [0, 0.05) is 0 Å². The number of hydrogen-bond acceptors (Lipinski definition) is 3. The van der Waals surface area contributed by atoms with Gasteiger partial charge in [0.1, 0.15) is 6.54 Å². The fraction of sp³-hybridized carbons (Fsp3) is 0.750. The molecule has 1 aliphatic heterocycles. The first-order chi connectivity index (χ1) is 5.94. The van der Waals surface area contributed by atoms with Crippen LogP contribution in [0.4, 0.5) is 0 Å². The summed E-state index contributed by atoms with van der Waals surface area (Å²) in [4.78, 5) is 22.5. The van der Waals surface area contributed by atoms with Crippen LogP contribution < -0.4 is 15.3 Å². The summed E-state index contributed by atoms with van der Waals surface area (Å²) >= 11 is 0. The molecule has 5 nitrogen and oxygen atoms in total.